The van der Waals surface area contributed by atoms with E-state index in [1.165, 1.54) is 12.1 Å². The number of hydrogen-bond donors (Lipinski definition) is 1. The predicted molar refractivity (Wildman–Crippen MR) is 93.6 cm³/mol. The van der Waals surface area contributed by atoms with E-state index < -0.39 is 23.8 Å². The first-order valence-corrected chi connectivity index (χ1v) is 8.74. The van der Waals surface area contributed by atoms with E-state index in [0.29, 0.717) is 25.3 Å². The van der Waals surface area contributed by atoms with Crippen LogP contribution >= 0.6 is 0 Å². The maximum Gasteiger partial charge on any atom is 0.416 e. The van der Waals surface area contributed by atoms with E-state index in [2.05, 4.69) is 0 Å². The van der Waals surface area contributed by atoms with Crippen molar-refractivity contribution in [2.45, 2.75) is 38.0 Å². The number of halogens is 3. The summed E-state index contributed by atoms with van der Waals surface area (Å²) in [5.41, 5.74) is 0.0846. The van der Waals surface area contributed by atoms with E-state index in [4.69, 9.17) is 4.74 Å². The van der Waals surface area contributed by atoms with Crippen molar-refractivity contribution in [2.24, 2.45) is 0 Å². The van der Waals surface area contributed by atoms with Crippen molar-refractivity contribution in [3.05, 3.63) is 59.7 Å². The molecule has 27 heavy (non-hydrogen) atoms. The molecule has 0 saturated carbocycles. The van der Waals surface area contributed by atoms with E-state index >= 15 is 0 Å². The molecule has 0 radical (unpaired) electrons. The van der Waals surface area contributed by atoms with Gasteiger partial charge in [0.25, 0.3) is 0 Å². The molecule has 1 aliphatic heterocycles. The van der Waals surface area contributed by atoms with Gasteiger partial charge in [-0.25, -0.2) is 0 Å². The Bertz CT molecular complexity index is 807. The SMILES string of the molecule is O=C(O)C1CCCCN1Cc1cccc(Oc2cccc(C(F)(F)F)c2)c1. The molecule has 0 aromatic heterocycles. The molecule has 1 unspecified atom stereocenters. The fourth-order valence-corrected chi connectivity index (χ4v) is 3.27. The zero-order chi connectivity index (χ0) is 19.4. The lowest BCUT2D eigenvalue weighted by molar-refractivity contribution is -0.145. The molecule has 2 aromatic carbocycles. The minimum absolute atomic E-state index is 0.100. The fourth-order valence-electron chi connectivity index (χ4n) is 3.27. The first-order valence-electron chi connectivity index (χ1n) is 8.74. The van der Waals surface area contributed by atoms with Crippen LogP contribution < -0.4 is 4.74 Å². The number of carboxylic acids is 1. The van der Waals surface area contributed by atoms with Gasteiger partial charge in [-0.3, -0.25) is 9.69 Å². The second-order valence-electron chi connectivity index (χ2n) is 6.60. The number of ether oxygens (including phenoxy) is 1. The van der Waals surface area contributed by atoms with Gasteiger partial charge < -0.3 is 9.84 Å². The van der Waals surface area contributed by atoms with Crippen molar-refractivity contribution in [2.75, 3.05) is 6.54 Å². The Morgan fingerprint density at radius 1 is 1.11 bits per heavy atom. The molecule has 0 bridgehead atoms. The first-order chi connectivity index (χ1) is 12.8. The van der Waals surface area contributed by atoms with Crippen molar-refractivity contribution in [1.29, 1.82) is 0 Å². The standard InChI is InChI=1S/C20H20F3NO3/c21-20(22,23)15-6-4-8-17(12-15)27-16-7-3-5-14(11-16)13-24-10-2-1-9-18(24)19(25)26/h3-8,11-12,18H,1-2,9-10,13H2,(H,25,26). The number of rotatable bonds is 5. The summed E-state index contributed by atoms with van der Waals surface area (Å²) in [6.45, 7) is 1.16. The van der Waals surface area contributed by atoms with Crippen molar-refractivity contribution in [3.8, 4) is 11.5 Å². The highest BCUT2D eigenvalue weighted by Gasteiger charge is 2.31. The summed E-state index contributed by atoms with van der Waals surface area (Å²) >= 11 is 0. The van der Waals surface area contributed by atoms with Gasteiger partial charge in [-0.15, -0.1) is 0 Å². The van der Waals surface area contributed by atoms with Crippen molar-refractivity contribution in [3.63, 3.8) is 0 Å². The number of aliphatic carboxylic acids is 1. The number of carbonyl (C=O) groups is 1. The average Bonchev–Trinajstić information content (AvgIpc) is 2.62. The topological polar surface area (TPSA) is 49.8 Å². The van der Waals surface area contributed by atoms with Crippen LogP contribution in [0.3, 0.4) is 0 Å². The largest absolute Gasteiger partial charge is 0.480 e. The third kappa shape index (κ3) is 5.01. The van der Waals surface area contributed by atoms with Gasteiger partial charge in [0.05, 0.1) is 5.56 Å². The summed E-state index contributed by atoms with van der Waals surface area (Å²) < 4.78 is 44.1. The predicted octanol–water partition coefficient (Wildman–Crippen LogP) is 4.94. The Hall–Kier alpha value is -2.54. The molecule has 2 aromatic rings. The number of alkyl halides is 3. The summed E-state index contributed by atoms with van der Waals surface area (Å²) in [7, 11) is 0. The maximum absolute atomic E-state index is 12.8. The van der Waals surface area contributed by atoms with Crippen LogP contribution in [0.2, 0.25) is 0 Å². The molecule has 4 nitrogen and oxygen atoms in total. The van der Waals surface area contributed by atoms with Gasteiger partial charge in [-0.1, -0.05) is 24.6 Å². The molecule has 1 aliphatic rings. The fraction of sp³-hybridized carbons (Fsp3) is 0.350. The Morgan fingerprint density at radius 3 is 2.52 bits per heavy atom. The highest BCUT2D eigenvalue weighted by molar-refractivity contribution is 5.73. The molecule has 1 saturated heterocycles. The smallest absolute Gasteiger partial charge is 0.416 e. The van der Waals surface area contributed by atoms with Gasteiger partial charge in [-0.2, -0.15) is 13.2 Å². The molecule has 1 N–H and O–H groups in total. The second kappa shape index (κ2) is 8.00. The summed E-state index contributed by atoms with van der Waals surface area (Å²) in [6, 6.07) is 11.2. The van der Waals surface area contributed by atoms with Gasteiger partial charge in [0.2, 0.25) is 0 Å². The van der Waals surface area contributed by atoms with E-state index in [-0.39, 0.29) is 5.75 Å². The van der Waals surface area contributed by atoms with E-state index in [1.807, 2.05) is 11.0 Å². The molecule has 0 spiro atoms. The lowest BCUT2D eigenvalue weighted by atomic mass is 10.0. The molecule has 1 fully saturated rings. The molecule has 3 rings (SSSR count). The highest BCUT2D eigenvalue weighted by atomic mass is 19.4. The lowest BCUT2D eigenvalue weighted by Crippen LogP contribution is -2.43. The monoisotopic (exact) mass is 379 g/mol. The number of benzene rings is 2. The van der Waals surface area contributed by atoms with E-state index in [1.54, 1.807) is 18.2 Å². The quantitative estimate of drug-likeness (QED) is 0.800. The molecular formula is C20H20F3NO3. The Balaban J connectivity index is 1.73. The zero-order valence-corrected chi connectivity index (χ0v) is 14.6. The molecule has 144 valence electrons. The normalized spacial score (nSPS) is 18.3. The molecular weight excluding hydrogens is 359 g/mol. The van der Waals surface area contributed by atoms with E-state index in [0.717, 1.165) is 30.5 Å². The summed E-state index contributed by atoms with van der Waals surface area (Å²) in [5, 5.41) is 9.37. The number of hydrogen-bond acceptors (Lipinski definition) is 3. The minimum atomic E-state index is -4.43. The molecule has 1 heterocycles. The van der Waals surface area contributed by atoms with Crippen molar-refractivity contribution < 1.29 is 27.8 Å². The van der Waals surface area contributed by atoms with E-state index in [9.17, 15) is 23.1 Å². The second-order valence-corrected chi connectivity index (χ2v) is 6.60. The van der Waals surface area contributed by atoms with Crippen LogP contribution in [0, 0.1) is 0 Å². The third-order valence-electron chi connectivity index (χ3n) is 4.58. The van der Waals surface area contributed by atoms with Gasteiger partial charge >= 0.3 is 12.1 Å². The average molecular weight is 379 g/mol. The maximum atomic E-state index is 12.8. The van der Waals surface area contributed by atoms with Crippen LogP contribution in [0.1, 0.15) is 30.4 Å². The van der Waals surface area contributed by atoms with Gasteiger partial charge in [-0.05, 0) is 55.3 Å². The van der Waals surface area contributed by atoms with Crippen LogP contribution in [0.5, 0.6) is 11.5 Å². The Morgan fingerprint density at radius 2 is 1.81 bits per heavy atom. The third-order valence-corrected chi connectivity index (χ3v) is 4.58. The van der Waals surface area contributed by atoms with Gasteiger partial charge in [0.15, 0.2) is 0 Å². The minimum Gasteiger partial charge on any atom is -0.480 e. The number of piperidine rings is 1. The van der Waals surface area contributed by atoms with Gasteiger partial charge in [0.1, 0.15) is 17.5 Å². The summed E-state index contributed by atoms with van der Waals surface area (Å²) in [6.07, 6.45) is -1.96. The zero-order valence-electron chi connectivity index (χ0n) is 14.6. The lowest BCUT2D eigenvalue weighted by Gasteiger charge is -2.32. The number of likely N-dealkylation sites (tertiary alicyclic amines) is 1. The number of carboxylic acid groups (broad SMARTS) is 1. The summed E-state index contributed by atoms with van der Waals surface area (Å²) in [5.74, 6) is -0.315. The van der Waals surface area contributed by atoms with Crippen LogP contribution in [0.4, 0.5) is 13.2 Å². The van der Waals surface area contributed by atoms with Crippen LogP contribution in [-0.2, 0) is 17.5 Å². The molecule has 0 amide bonds. The Kier molecular flexibility index (Phi) is 5.70. The highest BCUT2D eigenvalue weighted by Crippen LogP contribution is 2.33. The first kappa shape index (κ1) is 19.2. The molecule has 7 heteroatoms. The van der Waals surface area contributed by atoms with Crippen LogP contribution in [0.25, 0.3) is 0 Å². The summed E-state index contributed by atoms with van der Waals surface area (Å²) in [4.78, 5) is 13.3. The molecule has 1 atom stereocenters. The van der Waals surface area contributed by atoms with Gasteiger partial charge in [0, 0.05) is 6.54 Å². The van der Waals surface area contributed by atoms with Crippen LogP contribution in [-0.4, -0.2) is 28.6 Å². The van der Waals surface area contributed by atoms with Crippen molar-refractivity contribution in [1.82, 2.24) is 4.90 Å². The van der Waals surface area contributed by atoms with Crippen molar-refractivity contribution >= 4 is 5.97 Å². The van der Waals surface area contributed by atoms with Crippen LogP contribution in [0.15, 0.2) is 48.5 Å². The Labute approximate surface area is 155 Å². The molecule has 0 aliphatic carbocycles. The number of nitrogens with zero attached hydrogens (tertiary/aromatic N) is 1.